The second-order valence-electron chi connectivity index (χ2n) is 7.76. The van der Waals surface area contributed by atoms with Crippen LogP contribution >= 0.6 is 0 Å². The lowest BCUT2D eigenvalue weighted by Crippen LogP contribution is -2.48. The second kappa shape index (κ2) is 8.71. The fraction of sp³-hybridized carbons (Fsp3) is 0.650. The Morgan fingerprint density at radius 3 is 2.56 bits per heavy atom. The number of nitrogens with zero attached hydrogens (tertiary/aromatic N) is 2. The number of likely N-dealkylation sites (tertiary alicyclic amines) is 1. The molecule has 1 amide bonds. The van der Waals surface area contributed by atoms with Crippen LogP contribution in [0.2, 0.25) is 0 Å². The number of benzene rings is 1. The third kappa shape index (κ3) is 4.70. The van der Waals surface area contributed by atoms with E-state index in [0.717, 1.165) is 18.7 Å². The molecule has 2 heterocycles. The van der Waals surface area contributed by atoms with Gasteiger partial charge in [0.15, 0.2) is 0 Å². The highest BCUT2D eigenvalue weighted by atomic mass is 32.2. The number of carbonyl (C=O) groups excluding carboxylic acids is 1. The normalized spacial score (nSPS) is 24.8. The summed E-state index contributed by atoms with van der Waals surface area (Å²) < 4.78 is 27.3. The third-order valence-electron chi connectivity index (χ3n) is 5.77. The van der Waals surface area contributed by atoms with E-state index in [0.29, 0.717) is 32.0 Å². The summed E-state index contributed by atoms with van der Waals surface area (Å²) in [5.74, 6) is -0.173. The molecule has 1 aromatic carbocycles. The average Bonchev–Trinajstić information content (AvgIpc) is 3.14. The summed E-state index contributed by atoms with van der Waals surface area (Å²) in [4.78, 5) is 15.3. The fourth-order valence-electron chi connectivity index (χ4n) is 4.07. The number of carbonyl (C=O) groups is 1. The fourth-order valence-corrected chi connectivity index (χ4v) is 5.72. The molecule has 1 aromatic rings. The van der Waals surface area contributed by atoms with Gasteiger partial charge in [-0.05, 0) is 58.2 Å². The topological polar surface area (TPSA) is 69.7 Å². The van der Waals surface area contributed by atoms with Crippen LogP contribution in [0, 0.1) is 6.92 Å². The quantitative estimate of drug-likeness (QED) is 0.804. The standard InChI is InChI=1S/C20H31N3O3S/c1-16-8-10-18(11-9-16)27(25,26)23-14-5-7-19(23)20(24)21-12-15-22-13-4-3-6-17(22)2/h8-11,17,19H,3-7,12-15H2,1-2H3,(H,21,24)/t17?,19-/m0/s1. The van der Waals surface area contributed by atoms with Gasteiger partial charge >= 0.3 is 0 Å². The van der Waals surface area contributed by atoms with Gasteiger partial charge < -0.3 is 5.32 Å². The lowest BCUT2D eigenvalue weighted by Gasteiger charge is -2.33. The lowest BCUT2D eigenvalue weighted by molar-refractivity contribution is -0.124. The number of hydrogen-bond acceptors (Lipinski definition) is 4. The monoisotopic (exact) mass is 393 g/mol. The number of hydrogen-bond donors (Lipinski definition) is 1. The lowest BCUT2D eigenvalue weighted by atomic mass is 10.0. The molecule has 6 nitrogen and oxygen atoms in total. The predicted octanol–water partition coefficient (Wildman–Crippen LogP) is 2.14. The van der Waals surface area contributed by atoms with Gasteiger partial charge in [0, 0.05) is 25.7 Å². The van der Waals surface area contributed by atoms with Crippen LogP contribution in [0.15, 0.2) is 29.2 Å². The highest BCUT2D eigenvalue weighted by Crippen LogP contribution is 2.26. The van der Waals surface area contributed by atoms with Crippen molar-refractivity contribution in [1.29, 1.82) is 0 Å². The maximum Gasteiger partial charge on any atom is 0.243 e. The van der Waals surface area contributed by atoms with Gasteiger partial charge in [0.25, 0.3) is 0 Å². The van der Waals surface area contributed by atoms with Crippen molar-refractivity contribution in [2.24, 2.45) is 0 Å². The van der Waals surface area contributed by atoms with E-state index in [1.165, 1.54) is 23.6 Å². The summed E-state index contributed by atoms with van der Waals surface area (Å²) in [6, 6.07) is 6.77. The van der Waals surface area contributed by atoms with E-state index in [9.17, 15) is 13.2 Å². The van der Waals surface area contributed by atoms with E-state index >= 15 is 0 Å². The number of nitrogens with one attached hydrogen (secondary N) is 1. The minimum absolute atomic E-state index is 0.173. The zero-order valence-corrected chi connectivity index (χ0v) is 17.2. The highest BCUT2D eigenvalue weighted by molar-refractivity contribution is 7.89. The molecule has 2 fully saturated rings. The van der Waals surface area contributed by atoms with Crippen LogP contribution in [-0.4, -0.2) is 61.8 Å². The minimum atomic E-state index is -3.64. The number of aryl methyl sites for hydroxylation is 1. The van der Waals surface area contributed by atoms with Crippen LogP contribution in [0.25, 0.3) is 0 Å². The maximum absolute atomic E-state index is 13.0. The van der Waals surface area contributed by atoms with Crippen molar-refractivity contribution < 1.29 is 13.2 Å². The Labute approximate surface area is 163 Å². The Balaban J connectivity index is 1.59. The zero-order chi connectivity index (χ0) is 19.4. The molecular weight excluding hydrogens is 362 g/mol. The molecule has 1 N–H and O–H groups in total. The minimum Gasteiger partial charge on any atom is -0.353 e. The molecule has 0 saturated carbocycles. The molecule has 2 saturated heterocycles. The van der Waals surface area contributed by atoms with Crippen LogP contribution in [0.5, 0.6) is 0 Å². The zero-order valence-electron chi connectivity index (χ0n) is 16.4. The van der Waals surface area contributed by atoms with Gasteiger partial charge in [0.05, 0.1) is 4.90 Å². The van der Waals surface area contributed by atoms with E-state index in [1.54, 1.807) is 24.3 Å². The number of sulfonamides is 1. The van der Waals surface area contributed by atoms with Crippen molar-refractivity contribution >= 4 is 15.9 Å². The number of amides is 1. The van der Waals surface area contributed by atoms with E-state index < -0.39 is 16.1 Å². The molecule has 0 bridgehead atoms. The number of piperidine rings is 1. The summed E-state index contributed by atoms with van der Waals surface area (Å²) in [5.41, 5.74) is 1.01. The van der Waals surface area contributed by atoms with Gasteiger partial charge in [0.2, 0.25) is 15.9 Å². The largest absolute Gasteiger partial charge is 0.353 e. The Morgan fingerprint density at radius 1 is 1.11 bits per heavy atom. The molecule has 2 aliphatic rings. The van der Waals surface area contributed by atoms with Crippen LogP contribution in [0.4, 0.5) is 0 Å². The van der Waals surface area contributed by atoms with Crippen LogP contribution in [0.3, 0.4) is 0 Å². The van der Waals surface area contributed by atoms with Crippen molar-refractivity contribution in [3.63, 3.8) is 0 Å². The molecule has 0 aliphatic carbocycles. The molecule has 1 unspecified atom stereocenters. The smallest absolute Gasteiger partial charge is 0.243 e. The van der Waals surface area contributed by atoms with Gasteiger partial charge in [-0.25, -0.2) is 8.42 Å². The van der Waals surface area contributed by atoms with Crippen molar-refractivity contribution in [3.05, 3.63) is 29.8 Å². The Hall–Kier alpha value is -1.44. The molecule has 27 heavy (non-hydrogen) atoms. The van der Waals surface area contributed by atoms with Crippen LogP contribution < -0.4 is 5.32 Å². The highest BCUT2D eigenvalue weighted by Gasteiger charge is 2.39. The van der Waals surface area contributed by atoms with Gasteiger partial charge in [-0.15, -0.1) is 0 Å². The van der Waals surface area contributed by atoms with Crippen molar-refractivity contribution in [1.82, 2.24) is 14.5 Å². The van der Waals surface area contributed by atoms with Gasteiger partial charge in [-0.3, -0.25) is 9.69 Å². The first-order valence-electron chi connectivity index (χ1n) is 10.00. The predicted molar refractivity (Wildman–Crippen MR) is 106 cm³/mol. The molecule has 2 atom stereocenters. The summed E-state index contributed by atoms with van der Waals surface area (Å²) >= 11 is 0. The molecular formula is C20H31N3O3S. The van der Waals surface area contributed by atoms with Gasteiger partial charge in [-0.1, -0.05) is 24.1 Å². The Morgan fingerprint density at radius 2 is 1.85 bits per heavy atom. The first kappa shape index (κ1) is 20.3. The first-order valence-corrected chi connectivity index (χ1v) is 11.4. The second-order valence-corrected chi connectivity index (χ2v) is 9.65. The summed E-state index contributed by atoms with van der Waals surface area (Å²) in [7, 11) is -3.64. The van der Waals surface area contributed by atoms with Crippen LogP contribution in [0.1, 0.15) is 44.6 Å². The van der Waals surface area contributed by atoms with Gasteiger partial charge in [0.1, 0.15) is 6.04 Å². The summed E-state index contributed by atoms with van der Waals surface area (Å²) in [6.07, 6.45) is 4.99. The maximum atomic E-state index is 13.0. The summed E-state index contributed by atoms with van der Waals surface area (Å²) in [5, 5.41) is 2.97. The molecule has 7 heteroatoms. The molecule has 0 radical (unpaired) electrons. The Bertz CT molecular complexity index is 748. The van der Waals surface area contributed by atoms with Crippen molar-refractivity contribution in [3.8, 4) is 0 Å². The van der Waals surface area contributed by atoms with Gasteiger partial charge in [-0.2, -0.15) is 4.31 Å². The molecule has 0 spiro atoms. The molecule has 2 aliphatic heterocycles. The van der Waals surface area contributed by atoms with Crippen LogP contribution in [-0.2, 0) is 14.8 Å². The third-order valence-corrected chi connectivity index (χ3v) is 7.70. The molecule has 3 rings (SSSR count). The first-order chi connectivity index (χ1) is 12.9. The Kier molecular flexibility index (Phi) is 6.55. The molecule has 150 valence electrons. The SMILES string of the molecule is Cc1ccc(S(=O)(=O)N2CCC[C@H]2C(=O)NCCN2CCCCC2C)cc1. The van der Waals surface area contributed by atoms with E-state index in [1.807, 2.05) is 6.92 Å². The average molecular weight is 394 g/mol. The van der Waals surface area contributed by atoms with Crippen molar-refractivity contribution in [2.45, 2.75) is 62.9 Å². The molecule has 0 aromatic heterocycles. The van der Waals surface area contributed by atoms with Crippen molar-refractivity contribution in [2.75, 3.05) is 26.2 Å². The van der Waals surface area contributed by atoms with E-state index in [-0.39, 0.29) is 10.8 Å². The van der Waals surface area contributed by atoms with E-state index in [2.05, 4.69) is 17.1 Å². The van der Waals surface area contributed by atoms with E-state index in [4.69, 9.17) is 0 Å². The summed E-state index contributed by atoms with van der Waals surface area (Å²) in [6.45, 7) is 7.02. The number of rotatable bonds is 6.